The summed E-state index contributed by atoms with van der Waals surface area (Å²) in [6.45, 7) is 7.10. The number of fused-ring (bicyclic) bond motifs is 1. The summed E-state index contributed by atoms with van der Waals surface area (Å²) in [6.07, 6.45) is 1.77. The lowest BCUT2D eigenvalue weighted by atomic mass is 10.0. The van der Waals surface area contributed by atoms with Crippen LogP contribution in [-0.2, 0) is 7.05 Å². The van der Waals surface area contributed by atoms with Gasteiger partial charge in [-0.2, -0.15) is 5.10 Å². The van der Waals surface area contributed by atoms with Gasteiger partial charge < -0.3 is 10.2 Å². The van der Waals surface area contributed by atoms with Crippen LogP contribution in [0.15, 0.2) is 24.3 Å². The molecule has 0 bridgehead atoms. The number of anilines is 1. The maximum atomic E-state index is 14.3. The van der Waals surface area contributed by atoms with Gasteiger partial charge in [-0.05, 0) is 57.4 Å². The number of rotatable bonds is 3. The van der Waals surface area contributed by atoms with Crippen molar-refractivity contribution < 1.29 is 9.18 Å². The van der Waals surface area contributed by atoms with Crippen LogP contribution in [0, 0.1) is 26.6 Å². The molecule has 1 saturated heterocycles. The van der Waals surface area contributed by atoms with Gasteiger partial charge >= 0.3 is 0 Å². The highest BCUT2D eigenvalue weighted by molar-refractivity contribution is 6.06. The number of carbonyl (C=O) groups is 1. The molecule has 2 aromatic heterocycles. The third kappa shape index (κ3) is 3.69. The van der Waals surface area contributed by atoms with E-state index in [9.17, 15) is 9.18 Å². The van der Waals surface area contributed by atoms with Crippen LogP contribution in [0.2, 0.25) is 0 Å². The smallest absolute Gasteiger partial charge is 0.252 e. The zero-order chi connectivity index (χ0) is 20.7. The Labute approximate surface area is 169 Å². The van der Waals surface area contributed by atoms with Gasteiger partial charge in [-0.15, -0.1) is 0 Å². The summed E-state index contributed by atoms with van der Waals surface area (Å²) in [5.74, 6) is -0.354. The fourth-order valence-corrected chi connectivity index (χ4v) is 4.19. The maximum Gasteiger partial charge on any atom is 0.252 e. The predicted octanol–water partition coefficient (Wildman–Crippen LogP) is 3.43. The molecule has 0 radical (unpaired) electrons. The van der Waals surface area contributed by atoms with Gasteiger partial charge in [0.15, 0.2) is 5.65 Å². The maximum absolute atomic E-state index is 14.3. The van der Waals surface area contributed by atoms with Crippen LogP contribution in [0.25, 0.3) is 11.0 Å². The van der Waals surface area contributed by atoms with Gasteiger partial charge in [0.1, 0.15) is 5.82 Å². The molecule has 1 amide bonds. The van der Waals surface area contributed by atoms with Gasteiger partial charge in [0.25, 0.3) is 5.91 Å². The van der Waals surface area contributed by atoms with Crippen molar-refractivity contribution in [2.24, 2.45) is 7.05 Å². The fraction of sp³-hybridized carbons (Fsp3) is 0.409. The summed E-state index contributed by atoms with van der Waals surface area (Å²) < 4.78 is 16.0. The number of hydrogen-bond acceptors (Lipinski definition) is 4. The Hall–Kier alpha value is -2.96. The lowest BCUT2D eigenvalue weighted by Gasteiger charge is -2.35. The molecule has 0 spiro atoms. The normalized spacial score (nSPS) is 17.0. The van der Waals surface area contributed by atoms with Gasteiger partial charge in [-0.25, -0.2) is 9.37 Å². The minimum atomic E-state index is -0.222. The number of carbonyl (C=O) groups excluding carboxylic acids is 1. The molecule has 6 nitrogen and oxygen atoms in total. The minimum absolute atomic E-state index is 0.0448. The van der Waals surface area contributed by atoms with E-state index in [0.717, 1.165) is 41.7 Å². The second-order valence-corrected chi connectivity index (χ2v) is 7.93. The van der Waals surface area contributed by atoms with E-state index in [1.807, 2.05) is 44.9 Å². The number of amides is 1. The van der Waals surface area contributed by atoms with Crippen LogP contribution in [0.5, 0.6) is 0 Å². The largest absolute Gasteiger partial charge is 0.367 e. The molecule has 1 fully saturated rings. The Morgan fingerprint density at radius 2 is 2.03 bits per heavy atom. The molecule has 1 aliphatic rings. The molecule has 1 atom stereocenters. The third-order valence-corrected chi connectivity index (χ3v) is 5.54. The number of benzene rings is 1. The minimum Gasteiger partial charge on any atom is -0.367 e. The highest BCUT2D eigenvalue weighted by Crippen LogP contribution is 2.26. The van der Waals surface area contributed by atoms with Crippen molar-refractivity contribution in [1.29, 1.82) is 0 Å². The summed E-state index contributed by atoms with van der Waals surface area (Å²) in [4.78, 5) is 19.7. The molecular formula is C22H26FN5O. The van der Waals surface area contributed by atoms with E-state index >= 15 is 0 Å². The molecule has 1 aromatic carbocycles. The zero-order valence-electron chi connectivity index (χ0n) is 17.3. The lowest BCUT2D eigenvalue weighted by molar-refractivity contribution is 0.0934. The van der Waals surface area contributed by atoms with Crippen molar-refractivity contribution in [3.05, 3.63) is 52.6 Å². The second-order valence-electron chi connectivity index (χ2n) is 7.93. The first-order valence-corrected chi connectivity index (χ1v) is 9.96. The van der Waals surface area contributed by atoms with Crippen LogP contribution in [0.4, 0.5) is 10.1 Å². The van der Waals surface area contributed by atoms with Gasteiger partial charge in [0.05, 0.1) is 22.3 Å². The first-order valence-electron chi connectivity index (χ1n) is 9.96. The van der Waals surface area contributed by atoms with Gasteiger partial charge in [0, 0.05) is 31.9 Å². The van der Waals surface area contributed by atoms with Crippen molar-refractivity contribution in [2.45, 2.75) is 39.7 Å². The topological polar surface area (TPSA) is 63.1 Å². The Morgan fingerprint density at radius 1 is 1.24 bits per heavy atom. The van der Waals surface area contributed by atoms with Gasteiger partial charge in [-0.3, -0.25) is 9.48 Å². The molecule has 3 aromatic rings. The van der Waals surface area contributed by atoms with Crippen LogP contribution >= 0.6 is 0 Å². The fourth-order valence-electron chi connectivity index (χ4n) is 4.19. The molecule has 0 aliphatic carbocycles. The van der Waals surface area contributed by atoms with Crippen molar-refractivity contribution in [2.75, 3.05) is 18.0 Å². The Bertz CT molecular complexity index is 1090. The number of aryl methyl sites for hydroxylation is 4. The Kier molecular flexibility index (Phi) is 4.98. The van der Waals surface area contributed by atoms with E-state index in [1.54, 1.807) is 10.7 Å². The first-order chi connectivity index (χ1) is 13.8. The van der Waals surface area contributed by atoms with Crippen LogP contribution in [0.3, 0.4) is 0 Å². The molecule has 1 unspecified atom stereocenters. The average molecular weight is 395 g/mol. The number of piperidine rings is 1. The Balaban J connectivity index is 1.57. The summed E-state index contributed by atoms with van der Waals surface area (Å²) in [5.41, 5.74) is 4.49. The average Bonchev–Trinajstić information content (AvgIpc) is 2.97. The van der Waals surface area contributed by atoms with Gasteiger partial charge in [-0.1, -0.05) is 6.07 Å². The standard InChI is InChI=1S/C22H26FN5O/c1-13-7-8-18(23)19(10-13)28-9-5-6-16(12-28)25-22(29)17-11-14(2)24-21-20(17)15(3)26-27(21)4/h7-8,10-11,16H,5-6,9,12H2,1-4H3,(H,25,29). The SMILES string of the molecule is Cc1ccc(F)c(N2CCCC(NC(=O)c3cc(C)nc4c3c(C)nn4C)C2)c1. The quantitative estimate of drug-likeness (QED) is 0.738. The van der Waals surface area contributed by atoms with Crippen LogP contribution < -0.4 is 10.2 Å². The van der Waals surface area contributed by atoms with E-state index < -0.39 is 0 Å². The zero-order valence-corrected chi connectivity index (χ0v) is 17.3. The summed E-state index contributed by atoms with van der Waals surface area (Å²) >= 11 is 0. The molecule has 3 heterocycles. The highest BCUT2D eigenvalue weighted by Gasteiger charge is 2.25. The van der Waals surface area contributed by atoms with Crippen molar-refractivity contribution >= 4 is 22.6 Å². The molecule has 152 valence electrons. The monoisotopic (exact) mass is 395 g/mol. The van der Waals surface area contributed by atoms with E-state index in [2.05, 4.69) is 15.4 Å². The van der Waals surface area contributed by atoms with Gasteiger partial charge in [0.2, 0.25) is 0 Å². The number of halogens is 1. The first kappa shape index (κ1) is 19.4. The summed E-state index contributed by atoms with van der Waals surface area (Å²) in [6, 6.07) is 6.92. The molecule has 1 N–H and O–H groups in total. The van der Waals surface area contributed by atoms with Crippen molar-refractivity contribution in [1.82, 2.24) is 20.1 Å². The molecule has 4 rings (SSSR count). The molecular weight excluding hydrogens is 369 g/mol. The predicted molar refractivity (Wildman–Crippen MR) is 112 cm³/mol. The van der Waals surface area contributed by atoms with E-state index in [4.69, 9.17) is 0 Å². The summed E-state index contributed by atoms with van der Waals surface area (Å²) in [7, 11) is 1.83. The summed E-state index contributed by atoms with van der Waals surface area (Å²) in [5, 5.41) is 8.36. The number of pyridine rings is 1. The lowest BCUT2D eigenvalue weighted by Crippen LogP contribution is -2.48. The number of nitrogens with one attached hydrogen (secondary N) is 1. The molecule has 0 saturated carbocycles. The molecule has 29 heavy (non-hydrogen) atoms. The third-order valence-electron chi connectivity index (χ3n) is 5.54. The Morgan fingerprint density at radius 3 is 2.83 bits per heavy atom. The number of nitrogens with zero attached hydrogens (tertiary/aromatic N) is 4. The number of aromatic nitrogens is 3. The second kappa shape index (κ2) is 7.46. The van der Waals surface area contributed by atoms with Crippen molar-refractivity contribution in [3.63, 3.8) is 0 Å². The number of hydrogen-bond donors (Lipinski definition) is 1. The highest BCUT2D eigenvalue weighted by atomic mass is 19.1. The molecule has 7 heteroatoms. The van der Waals surface area contributed by atoms with E-state index in [1.165, 1.54) is 6.07 Å². The van der Waals surface area contributed by atoms with Crippen molar-refractivity contribution in [3.8, 4) is 0 Å². The molecule has 1 aliphatic heterocycles. The van der Waals surface area contributed by atoms with Crippen LogP contribution in [0.1, 0.15) is 40.2 Å². The van der Waals surface area contributed by atoms with E-state index in [0.29, 0.717) is 23.4 Å². The van der Waals surface area contributed by atoms with E-state index in [-0.39, 0.29) is 17.8 Å². The van der Waals surface area contributed by atoms with Crippen LogP contribution in [-0.4, -0.2) is 39.8 Å².